The van der Waals surface area contributed by atoms with Crippen LogP contribution in [0.2, 0.25) is 0 Å². The maximum absolute atomic E-state index is 12.7. The number of unbranched alkanes of at least 4 members (excludes halogenated alkanes) is 21. The predicted molar refractivity (Wildman–Crippen MR) is 259 cm³/mol. The Labute approximate surface area is 387 Å². The molecule has 0 aliphatic rings. The lowest BCUT2D eigenvalue weighted by atomic mass is 10.1. The van der Waals surface area contributed by atoms with E-state index in [0.29, 0.717) is 65.3 Å². The lowest BCUT2D eigenvalue weighted by Gasteiger charge is -2.28. The first-order valence-corrected chi connectivity index (χ1v) is 26.0. The third kappa shape index (κ3) is 43.4. The van der Waals surface area contributed by atoms with Gasteiger partial charge in [-0.1, -0.05) is 156 Å². The van der Waals surface area contributed by atoms with Crippen molar-refractivity contribution in [3.8, 4) is 0 Å². The summed E-state index contributed by atoms with van der Waals surface area (Å²) in [5.74, 6) is -0.790. The molecule has 0 fully saturated rings. The van der Waals surface area contributed by atoms with Crippen LogP contribution in [0.1, 0.15) is 201 Å². The minimum absolute atomic E-state index is 0.175. The van der Waals surface area contributed by atoms with Gasteiger partial charge in [-0.2, -0.15) is 0 Å². The van der Waals surface area contributed by atoms with Gasteiger partial charge in [0.2, 0.25) is 0 Å². The van der Waals surface area contributed by atoms with Gasteiger partial charge < -0.3 is 38.5 Å². The minimum atomic E-state index is -0.257. The molecule has 0 spiro atoms. The number of ether oxygens (including phenoxy) is 4. The summed E-state index contributed by atoms with van der Waals surface area (Å²) >= 11 is 0. The van der Waals surface area contributed by atoms with Crippen molar-refractivity contribution in [2.24, 2.45) is 0 Å². The van der Waals surface area contributed by atoms with Crippen molar-refractivity contribution in [3.05, 3.63) is 0 Å². The summed E-state index contributed by atoms with van der Waals surface area (Å²) in [6.07, 6.45) is 30.1. The van der Waals surface area contributed by atoms with Crippen LogP contribution in [-0.2, 0) is 38.1 Å². The monoisotopic (exact) mass is 897 g/mol. The topological polar surface area (TPSA) is 118 Å². The van der Waals surface area contributed by atoms with Crippen LogP contribution in [0.25, 0.3) is 0 Å². The number of likely N-dealkylation sites (N-methyl/N-ethyl adjacent to an activating group) is 2. The predicted octanol–water partition coefficient (Wildman–Crippen LogP) is 10.2. The molecule has 0 bridgehead atoms. The van der Waals surface area contributed by atoms with Gasteiger partial charge in [-0.3, -0.25) is 19.2 Å². The Bertz CT molecular complexity index is 1030. The fourth-order valence-corrected chi connectivity index (χ4v) is 7.44. The van der Waals surface area contributed by atoms with E-state index in [2.05, 4.69) is 54.5 Å². The Balaban J connectivity index is 4.81. The van der Waals surface area contributed by atoms with E-state index in [-0.39, 0.29) is 30.3 Å². The molecule has 0 rings (SSSR count). The molecule has 0 unspecified atom stereocenters. The standard InChI is InChI=1S/C51H100N4O8/c1-7-10-13-16-19-22-25-28-45-61-49(57)32-36-54(35-31-48(56)60-6)43-41-52(4)39-40-53(5)42-44-55(37-33-50(58)62-46-29-26-23-20-17-14-11-8-2)38-34-51(59)63-47-30-27-24-21-18-15-12-9-3/h7-47H2,1-6H3. The maximum Gasteiger partial charge on any atom is 0.307 e. The van der Waals surface area contributed by atoms with Crippen LogP contribution in [0, 0.1) is 0 Å². The van der Waals surface area contributed by atoms with E-state index < -0.39 is 0 Å². The fourth-order valence-electron chi connectivity index (χ4n) is 7.44. The third-order valence-electron chi connectivity index (χ3n) is 12.0. The van der Waals surface area contributed by atoms with Gasteiger partial charge in [0.1, 0.15) is 0 Å². The number of hydrogen-bond donors (Lipinski definition) is 0. The molecule has 0 aromatic carbocycles. The number of methoxy groups -OCH3 is 1. The van der Waals surface area contributed by atoms with E-state index in [1.54, 1.807) is 0 Å². The van der Waals surface area contributed by atoms with Crippen molar-refractivity contribution in [2.75, 3.05) is 106 Å². The summed E-state index contributed by atoms with van der Waals surface area (Å²) < 4.78 is 21.6. The van der Waals surface area contributed by atoms with Crippen molar-refractivity contribution in [1.29, 1.82) is 0 Å². The molecule has 0 aromatic rings. The largest absolute Gasteiger partial charge is 0.469 e. The molecule has 0 heterocycles. The molecular weight excluding hydrogens is 797 g/mol. The Kier molecular flexibility index (Phi) is 44.6. The molecule has 12 heteroatoms. The number of hydrogen-bond acceptors (Lipinski definition) is 12. The summed E-state index contributed by atoms with van der Waals surface area (Å²) in [5.41, 5.74) is 0. The zero-order valence-corrected chi connectivity index (χ0v) is 42.0. The van der Waals surface area contributed by atoms with Crippen LogP contribution in [0.3, 0.4) is 0 Å². The number of carbonyl (C=O) groups is 4. The van der Waals surface area contributed by atoms with E-state index in [4.69, 9.17) is 18.9 Å². The first-order chi connectivity index (χ1) is 30.6. The van der Waals surface area contributed by atoms with Crippen LogP contribution < -0.4 is 0 Å². The van der Waals surface area contributed by atoms with Gasteiger partial charge in [0.25, 0.3) is 0 Å². The molecule has 0 aromatic heterocycles. The molecule has 0 atom stereocenters. The Hall–Kier alpha value is -2.28. The van der Waals surface area contributed by atoms with E-state index in [1.165, 1.54) is 123 Å². The summed E-state index contributed by atoms with van der Waals surface area (Å²) in [6, 6.07) is 0. The van der Waals surface area contributed by atoms with E-state index in [1.807, 2.05) is 0 Å². The number of carbonyl (C=O) groups excluding carboxylic acids is 4. The highest BCUT2D eigenvalue weighted by Gasteiger charge is 2.16. The van der Waals surface area contributed by atoms with Crippen molar-refractivity contribution in [1.82, 2.24) is 19.6 Å². The average Bonchev–Trinajstić information content (AvgIpc) is 3.28. The maximum atomic E-state index is 12.7. The second-order valence-electron chi connectivity index (χ2n) is 18.0. The molecule has 372 valence electrons. The first kappa shape index (κ1) is 60.7. The molecule has 0 N–H and O–H groups in total. The zero-order chi connectivity index (χ0) is 46.4. The molecule has 0 saturated heterocycles. The highest BCUT2D eigenvalue weighted by Crippen LogP contribution is 2.11. The second-order valence-corrected chi connectivity index (χ2v) is 18.0. The van der Waals surface area contributed by atoms with Crippen molar-refractivity contribution in [2.45, 2.75) is 201 Å². The van der Waals surface area contributed by atoms with Gasteiger partial charge in [-0.05, 0) is 33.4 Å². The van der Waals surface area contributed by atoms with Crippen LogP contribution in [0.5, 0.6) is 0 Å². The highest BCUT2D eigenvalue weighted by atomic mass is 16.5. The van der Waals surface area contributed by atoms with Gasteiger partial charge in [0, 0.05) is 65.4 Å². The molecule has 0 radical (unpaired) electrons. The summed E-state index contributed by atoms with van der Waals surface area (Å²) in [5, 5.41) is 0. The number of esters is 4. The average molecular weight is 897 g/mol. The second kappa shape index (κ2) is 46.3. The molecule has 0 saturated carbocycles. The van der Waals surface area contributed by atoms with Gasteiger partial charge in [-0.15, -0.1) is 0 Å². The molecule has 0 aliphatic carbocycles. The number of nitrogens with zero attached hydrogens (tertiary/aromatic N) is 4. The molecule has 12 nitrogen and oxygen atoms in total. The van der Waals surface area contributed by atoms with Crippen molar-refractivity contribution in [3.63, 3.8) is 0 Å². The Morgan fingerprint density at radius 1 is 0.317 bits per heavy atom. The van der Waals surface area contributed by atoms with E-state index in [9.17, 15) is 19.2 Å². The first-order valence-electron chi connectivity index (χ1n) is 26.0. The van der Waals surface area contributed by atoms with Crippen molar-refractivity contribution >= 4 is 23.9 Å². The number of rotatable bonds is 48. The zero-order valence-electron chi connectivity index (χ0n) is 42.0. The molecule has 0 amide bonds. The SMILES string of the molecule is CCCCCCCCCCOC(=O)CCN(CCC(=O)OC)CCN(C)CCN(C)CCN(CCC(=O)OCCCCCCCCCC)CCC(=O)OCCCCCCCCCC. The fraction of sp³-hybridized carbons (Fsp3) is 0.922. The summed E-state index contributed by atoms with van der Waals surface area (Å²) in [7, 11) is 5.60. The van der Waals surface area contributed by atoms with E-state index in [0.717, 1.165) is 77.8 Å². The van der Waals surface area contributed by atoms with Crippen LogP contribution in [0.4, 0.5) is 0 Å². The normalized spacial score (nSPS) is 11.6. The van der Waals surface area contributed by atoms with Crippen LogP contribution >= 0.6 is 0 Å². The molecule has 0 aliphatic heterocycles. The lowest BCUT2D eigenvalue weighted by molar-refractivity contribution is -0.145. The minimum Gasteiger partial charge on any atom is -0.469 e. The summed E-state index contributed by atoms with van der Waals surface area (Å²) in [4.78, 5) is 58.7. The Morgan fingerprint density at radius 3 is 0.825 bits per heavy atom. The van der Waals surface area contributed by atoms with Crippen LogP contribution in [-0.4, -0.2) is 150 Å². The molecule has 63 heavy (non-hydrogen) atoms. The highest BCUT2D eigenvalue weighted by molar-refractivity contribution is 5.70. The van der Waals surface area contributed by atoms with E-state index >= 15 is 0 Å². The van der Waals surface area contributed by atoms with Crippen molar-refractivity contribution < 1.29 is 38.1 Å². The van der Waals surface area contributed by atoms with Gasteiger partial charge in [-0.25, -0.2) is 0 Å². The van der Waals surface area contributed by atoms with Crippen LogP contribution in [0.15, 0.2) is 0 Å². The van der Waals surface area contributed by atoms with Gasteiger partial charge in [0.15, 0.2) is 0 Å². The summed E-state index contributed by atoms with van der Waals surface area (Å²) in [6.45, 7) is 15.0. The van der Waals surface area contributed by atoms with Gasteiger partial charge in [0.05, 0.1) is 52.6 Å². The third-order valence-corrected chi connectivity index (χ3v) is 12.0. The van der Waals surface area contributed by atoms with Gasteiger partial charge >= 0.3 is 23.9 Å². The quantitative estimate of drug-likeness (QED) is 0.0329. The molecular formula is C51H100N4O8. The smallest absolute Gasteiger partial charge is 0.307 e. The Morgan fingerprint density at radius 2 is 0.556 bits per heavy atom. The lowest BCUT2D eigenvalue weighted by Crippen LogP contribution is -2.40.